The molecule has 0 spiro atoms. The highest BCUT2D eigenvalue weighted by atomic mass is 35.5. The van der Waals surface area contributed by atoms with Gasteiger partial charge in [0, 0.05) is 17.9 Å². The number of rotatable bonds is 8. The number of amides is 1. The van der Waals surface area contributed by atoms with E-state index in [0.29, 0.717) is 27.8 Å². The number of ether oxygens (including phenoxy) is 2. The van der Waals surface area contributed by atoms with Gasteiger partial charge in [-0.1, -0.05) is 16.8 Å². The number of hydrogen-bond acceptors (Lipinski definition) is 8. The number of thiophene rings is 1. The maximum Gasteiger partial charge on any atom is 0.271 e. The Labute approximate surface area is 194 Å². The van der Waals surface area contributed by atoms with Crippen LogP contribution in [0.1, 0.15) is 23.3 Å². The Morgan fingerprint density at radius 1 is 1.19 bits per heavy atom. The van der Waals surface area contributed by atoms with Gasteiger partial charge in [-0.25, -0.2) is 8.42 Å². The van der Waals surface area contributed by atoms with Crippen LogP contribution in [0.25, 0.3) is 12.2 Å². The lowest BCUT2D eigenvalue weighted by molar-refractivity contribution is -0.114. The fraction of sp³-hybridized carbons (Fsp3) is 0.200. The number of anilines is 2. The van der Waals surface area contributed by atoms with Gasteiger partial charge in [-0.05, 0) is 37.3 Å². The standard InChI is InChI=1S/C20H20ClN3O6S2/c1-11-20(22-12(2)25)16(30-23-11)7-5-13-6-8-19(31-13)32(26,27)24-15-9-14(21)17(28-3)10-18(15)29-4/h5-10,24H,1-4H3,(H,22,25). The van der Waals surface area contributed by atoms with Crippen molar-refractivity contribution < 1.29 is 27.2 Å². The molecule has 3 rings (SSSR count). The smallest absolute Gasteiger partial charge is 0.271 e. The number of sulfonamides is 1. The number of aromatic nitrogens is 1. The summed E-state index contributed by atoms with van der Waals surface area (Å²) >= 11 is 7.17. The normalized spacial score (nSPS) is 11.5. The van der Waals surface area contributed by atoms with E-state index in [-0.39, 0.29) is 26.6 Å². The maximum atomic E-state index is 12.9. The van der Waals surface area contributed by atoms with E-state index < -0.39 is 10.0 Å². The van der Waals surface area contributed by atoms with Gasteiger partial charge in [0.2, 0.25) is 5.91 Å². The number of methoxy groups -OCH3 is 2. The van der Waals surface area contributed by atoms with Crippen molar-refractivity contribution in [3.8, 4) is 11.5 Å². The van der Waals surface area contributed by atoms with Crippen LogP contribution in [0, 0.1) is 6.92 Å². The van der Waals surface area contributed by atoms with Crippen LogP contribution in [-0.4, -0.2) is 33.7 Å². The first-order valence-electron chi connectivity index (χ1n) is 9.10. The molecule has 0 atom stereocenters. The van der Waals surface area contributed by atoms with E-state index in [1.165, 1.54) is 39.3 Å². The number of nitrogens with one attached hydrogen (secondary N) is 2. The molecule has 0 aliphatic heterocycles. The minimum Gasteiger partial charge on any atom is -0.495 e. The predicted molar refractivity (Wildman–Crippen MR) is 124 cm³/mol. The Kier molecular flexibility index (Phi) is 7.12. The summed E-state index contributed by atoms with van der Waals surface area (Å²) in [5.74, 6) is 0.718. The molecule has 0 saturated heterocycles. The Balaban J connectivity index is 1.83. The van der Waals surface area contributed by atoms with Crippen LogP contribution >= 0.6 is 22.9 Å². The highest BCUT2D eigenvalue weighted by molar-refractivity contribution is 7.94. The SMILES string of the molecule is COc1cc(OC)c(NS(=O)(=O)c2ccc(C=Cc3onc(C)c3NC(C)=O)s2)cc1Cl. The monoisotopic (exact) mass is 497 g/mol. The molecule has 0 fully saturated rings. The number of aryl methyl sites for hydroxylation is 1. The fourth-order valence-electron chi connectivity index (χ4n) is 2.69. The highest BCUT2D eigenvalue weighted by Gasteiger charge is 2.20. The summed E-state index contributed by atoms with van der Waals surface area (Å²) in [6.07, 6.45) is 3.27. The van der Waals surface area contributed by atoms with Gasteiger partial charge in [0.1, 0.15) is 27.1 Å². The van der Waals surface area contributed by atoms with Crippen LogP contribution in [0.4, 0.5) is 11.4 Å². The number of halogens is 1. The molecule has 32 heavy (non-hydrogen) atoms. The third kappa shape index (κ3) is 5.23. The Morgan fingerprint density at radius 2 is 1.91 bits per heavy atom. The van der Waals surface area contributed by atoms with Crippen molar-refractivity contribution in [3.05, 3.63) is 45.6 Å². The van der Waals surface area contributed by atoms with Crippen molar-refractivity contribution in [2.45, 2.75) is 18.1 Å². The second-order valence-corrected chi connectivity index (χ2v) is 9.90. The fourth-order valence-corrected chi connectivity index (χ4v) is 5.22. The average Bonchev–Trinajstić information content (AvgIpc) is 3.34. The van der Waals surface area contributed by atoms with Gasteiger partial charge in [0.25, 0.3) is 10.0 Å². The third-order valence-corrected chi connectivity index (χ3v) is 7.38. The number of carbonyl (C=O) groups is 1. The van der Waals surface area contributed by atoms with E-state index >= 15 is 0 Å². The lowest BCUT2D eigenvalue weighted by atomic mass is 10.2. The zero-order valence-corrected chi connectivity index (χ0v) is 19.9. The summed E-state index contributed by atoms with van der Waals surface area (Å²) in [6, 6.07) is 6.04. The Hall–Kier alpha value is -3.02. The molecule has 0 bridgehead atoms. The van der Waals surface area contributed by atoms with Crippen LogP contribution in [0.15, 0.2) is 33.0 Å². The zero-order chi connectivity index (χ0) is 23.5. The number of hydrogen-bond donors (Lipinski definition) is 2. The summed E-state index contributed by atoms with van der Waals surface area (Å²) in [5.41, 5.74) is 1.18. The second-order valence-electron chi connectivity index (χ2n) is 6.47. The molecule has 0 aliphatic carbocycles. The molecule has 3 aromatic rings. The molecule has 0 radical (unpaired) electrons. The van der Waals surface area contributed by atoms with Gasteiger partial charge in [-0.15, -0.1) is 11.3 Å². The average molecular weight is 498 g/mol. The van der Waals surface area contributed by atoms with Gasteiger partial charge in [-0.3, -0.25) is 9.52 Å². The summed E-state index contributed by atoms with van der Waals surface area (Å²) in [7, 11) is -1.04. The Bertz CT molecular complexity index is 1280. The van der Waals surface area contributed by atoms with E-state index in [1.807, 2.05) is 0 Å². The van der Waals surface area contributed by atoms with Crippen molar-refractivity contribution >= 4 is 62.4 Å². The number of benzene rings is 1. The molecule has 1 amide bonds. The van der Waals surface area contributed by atoms with Gasteiger partial charge in [0.05, 0.1) is 24.9 Å². The first kappa shape index (κ1) is 23.6. The molecule has 0 unspecified atom stereocenters. The van der Waals surface area contributed by atoms with Crippen LogP contribution in [0.2, 0.25) is 5.02 Å². The van der Waals surface area contributed by atoms with Gasteiger partial charge < -0.3 is 19.3 Å². The highest BCUT2D eigenvalue weighted by Crippen LogP contribution is 2.37. The molecule has 170 valence electrons. The zero-order valence-electron chi connectivity index (χ0n) is 17.6. The lowest BCUT2D eigenvalue weighted by Gasteiger charge is -2.13. The van der Waals surface area contributed by atoms with Crippen molar-refractivity contribution in [1.82, 2.24) is 5.16 Å². The predicted octanol–water partition coefficient (Wildman–Crippen LogP) is 4.64. The molecular formula is C20H20ClN3O6S2. The number of nitrogens with zero attached hydrogens (tertiary/aromatic N) is 1. The van der Waals surface area contributed by atoms with Crippen molar-refractivity contribution in [2.24, 2.45) is 0 Å². The third-order valence-electron chi connectivity index (χ3n) is 4.17. The van der Waals surface area contributed by atoms with Crippen molar-refractivity contribution in [2.75, 3.05) is 24.3 Å². The quantitative estimate of drug-likeness (QED) is 0.465. The Morgan fingerprint density at radius 3 is 2.56 bits per heavy atom. The molecule has 0 saturated carbocycles. The summed E-state index contributed by atoms with van der Waals surface area (Å²) in [5, 5.41) is 6.73. The van der Waals surface area contributed by atoms with E-state index in [2.05, 4.69) is 15.2 Å². The van der Waals surface area contributed by atoms with Crippen LogP contribution < -0.4 is 19.5 Å². The van der Waals surface area contributed by atoms with Crippen molar-refractivity contribution in [3.63, 3.8) is 0 Å². The van der Waals surface area contributed by atoms with Gasteiger partial charge in [-0.2, -0.15) is 0 Å². The lowest BCUT2D eigenvalue weighted by Crippen LogP contribution is -2.12. The first-order valence-corrected chi connectivity index (χ1v) is 11.8. The van der Waals surface area contributed by atoms with Crippen LogP contribution in [0.5, 0.6) is 11.5 Å². The maximum absolute atomic E-state index is 12.9. The van der Waals surface area contributed by atoms with Gasteiger partial charge >= 0.3 is 0 Å². The first-order chi connectivity index (χ1) is 15.1. The van der Waals surface area contributed by atoms with E-state index in [0.717, 1.165) is 11.3 Å². The summed E-state index contributed by atoms with van der Waals surface area (Å²) in [6.45, 7) is 3.08. The largest absolute Gasteiger partial charge is 0.495 e. The molecule has 1 aromatic carbocycles. The van der Waals surface area contributed by atoms with E-state index in [1.54, 1.807) is 25.1 Å². The molecule has 0 aliphatic rings. The van der Waals surface area contributed by atoms with E-state index in [4.69, 9.17) is 25.6 Å². The molecule has 2 N–H and O–H groups in total. The van der Waals surface area contributed by atoms with Crippen molar-refractivity contribution in [1.29, 1.82) is 0 Å². The molecule has 9 nitrogen and oxygen atoms in total. The second kappa shape index (κ2) is 9.63. The van der Waals surface area contributed by atoms with Crippen LogP contribution in [-0.2, 0) is 14.8 Å². The van der Waals surface area contributed by atoms with E-state index in [9.17, 15) is 13.2 Å². The molecule has 2 heterocycles. The van der Waals surface area contributed by atoms with Crippen LogP contribution in [0.3, 0.4) is 0 Å². The topological polar surface area (TPSA) is 120 Å². The minimum atomic E-state index is -3.90. The van der Waals surface area contributed by atoms with Gasteiger partial charge in [0.15, 0.2) is 5.76 Å². The summed E-state index contributed by atoms with van der Waals surface area (Å²) in [4.78, 5) is 12.0. The molecule has 2 aromatic heterocycles. The minimum absolute atomic E-state index is 0.0852. The molecule has 12 heteroatoms. The number of carbonyl (C=O) groups excluding carboxylic acids is 1. The molecular weight excluding hydrogens is 478 g/mol. The summed E-state index contributed by atoms with van der Waals surface area (Å²) < 4.78 is 43.9.